The molecule has 19 heavy (non-hydrogen) atoms. The molecule has 1 aliphatic rings. The van der Waals surface area contributed by atoms with Crippen molar-refractivity contribution in [3.63, 3.8) is 0 Å². The molecule has 1 aromatic heterocycles. The Morgan fingerprint density at radius 2 is 2.11 bits per heavy atom. The molecule has 0 unspecified atom stereocenters. The van der Waals surface area contributed by atoms with Crippen LogP contribution in [0.1, 0.15) is 34.1 Å². The van der Waals surface area contributed by atoms with Crippen LogP contribution in [0.3, 0.4) is 0 Å². The zero-order valence-corrected chi connectivity index (χ0v) is 11.8. The van der Waals surface area contributed by atoms with Crippen molar-refractivity contribution in [1.29, 1.82) is 0 Å². The van der Waals surface area contributed by atoms with Crippen LogP contribution in [0.4, 0.5) is 4.79 Å². The van der Waals surface area contributed by atoms with Crippen molar-refractivity contribution >= 4 is 23.7 Å². The third-order valence-corrected chi connectivity index (χ3v) is 4.94. The number of thiazole rings is 1. The Labute approximate surface area is 115 Å². The third-order valence-electron chi connectivity index (χ3n) is 3.54. The van der Waals surface area contributed by atoms with Crippen LogP contribution in [-0.2, 0) is 7.05 Å². The zero-order chi connectivity index (χ0) is 14.0. The summed E-state index contributed by atoms with van der Waals surface area (Å²) in [5.74, 6) is 0.252. The lowest BCUT2D eigenvalue weighted by Crippen LogP contribution is -2.36. The second-order valence-electron chi connectivity index (χ2n) is 4.58. The summed E-state index contributed by atoms with van der Waals surface area (Å²) in [4.78, 5) is 29.5. The number of rotatable bonds is 2. The van der Waals surface area contributed by atoms with E-state index in [1.165, 1.54) is 16.2 Å². The van der Waals surface area contributed by atoms with Crippen LogP contribution in [-0.4, -0.2) is 47.1 Å². The van der Waals surface area contributed by atoms with Gasteiger partial charge in [-0.1, -0.05) is 0 Å². The SMILES string of the molecule is C/N=c1\sc(C2CCN(C(=O)O)CC2)c(C=O)n1C. The van der Waals surface area contributed by atoms with Gasteiger partial charge in [0, 0.05) is 32.1 Å². The summed E-state index contributed by atoms with van der Waals surface area (Å²) >= 11 is 1.53. The lowest BCUT2D eigenvalue weighted by atomic mass is 9.94. The molecule has 0 spiro atoms. The fraction of sp³-hybridized carbons (Fsp3) is 0.583. The first-order valence-corrected chi connectivity index (χ1v) is 6.95. The average molecular weight is 283 g/mol. The Bertz CT molecular complexity index is 553. The van der Waals surface area contributed by atoms with Gasteiger partial charge in [-0.05, 0) is 18.8 Å². The van der Waals surface area contributed by atoms with Crippen molar-refractivity contribution in [3.8, 4) is 0 Å². The lowest BCUT2D eigenvalue weighted by Gasteiger charge is -2.29. The van der Waals surface area contributed by atoms with Gasteiger partial charge in [-0.2, -0.15) is 0 Å². The summed E-state index contributed by atoms with van der Waals surface area (Å²) in [6.45, 7) is 1.05. The molecule has 1 aliphatic heterocycles. The summed E-state index contributed by atoms with van der Waals surface area (Å²) in [6, 6.07) is 0. The van der Waals surface area contributed by atoms with Crippen LogP contribution in [0.15, 0.2) is 4.99 Å². The molecule has 0 aromatic carbocycles. The minimum atomic E-state index is -0.866. The van der Waals surface area contributed by atoms with E-state index in [0.29, 0.717) is 18.8 Å². The molecule has 1 N–H and O–H groups in total. The topological polar surface area (TPSA) is 74.9 Å². The smallest absolute Gasteiger partial charge is 0.407 e. The largest absolute Gasteiger partial charge is 0.465 e. The maximum absolute atomic E-state index is 11.2. The summed E-state index contributed by atoms with van der Waals surface area (Å²) in [5, 5.41) is 8.94. The van der Waals surface area contributed by atoms with Crippen LogP contribution in [0.25, 0.3) is 0 Å². The first-order valence-electron chi connectivity index (χ1n) is 6.14. The minimum Gasteiger partial charge on any atom is -0.465 e. The van der Waals surface area contributed by atoms with E-state index in [2.05, 4.69) is 4.99 Å². The van der Waals surface area contributed by atoms with E-state index in [1.807, 2.05) is 7.05 Å². The number of aromatic nitrogens is 1. The Hall–Kier alpha value is -1.63. The molecule has 2 heterocycles. The first kappa shape index (κ1) is 13.8. The molecular weight excluding hydrogens is 266 g/mol. The van der Waals surface area contributed by atoms with Crippen molar-refractivity contribution in [2.75, 3.05) is 20.1 Å². The van der Waals surface area contributed by atoms with E-state index in [0.717, 1.165) is 28.8 Å². The highest BCUT2D eigenvalue weighted by atomic mass is 32.1. The molecule has 1 amide bonds. The van der Waals surface area contributed by atoms with Crippen LogP contribution in [0.5, 0.6) is 0 Å². The highest BCUT2D eigenvalue weighted by molar-refractivity contribution is 7.09. The monoisotopic (exact) mass is 283 g/mol. The average Bonchev–Trinajstić information content (AvgIpc) is 2.75. The summed E-state index contributed by atoms with van der Waals surface area (Å²) in [7, 11) is 3.54. The van der Waals surface area contributed by atoms with Gasteiger partial charge in [-0.3, -0.25) is 9.79 Å². The Morgan fingerprint density at radius 3 is 2.58 bits per heavy atom. The Balaban J connectivity index is 2.25. The van der Waals surface area contributed by atoms with Crippen molar-refractivity contribution in [3.05, 3.63) is 15.4 Å². The quantitative estimate of drug-likeness (QED) is 0.831. The molecule has 1 aromatic rings. The van der Waals surface area contributed by atoms with E-state index >= 15 is 0 Å². The van der Waals surface area contributed by atoms with Gasteiger partial charge in [-0.25, -0.2) is 4.79 Å². The number of hydrogen-bond donors (Lipinski definition) is 1. The molecule has 0 atom stereocenters. The van der Waals surface area contributed by atoms with Crippen LogP contribution >= 0.6 is 11.3 Å². The molecule has 0 bridgehead atoms. The molecule has 1 saturated heterocycles. The maximum atomic E-state index is 11.2. The van der Waals surface area contributed by atoms with Crippen molar-refractivity contribution in [2.24, 2.45) is 12.0 Å². The molecule has 2 rings (SSSR count). The third kappa shape index (κ3) is 2.56. The fourth-order valence-electron chi connectivity index (χ4n) is 2.45. The molecule has 7 heteroatoms. The van der Waals surface area contributed by atoms with Gasteiger partial charge in [0.1, 0.15) is 0 Å². The second kappa shape index (κ2) is 5.56. The number of nitrogens with zero attached hydrogens (tertiary/aromatic N) is 3. The van der Waals surface area contributed by atoms with E-state index in [9.17, 15) is 9.59 Å². The molecule has 104 valence electrons. The molecule has 0 saturated carbocycles. The lowest BCUT2D eigenvalue weighted by molar-refractivity contribution is 0.111. The van der Waals surface area contributed by atoms with E-state index in [-0.39, 0.29) is 5.92 Å². The minimum absolute atomic E-state index is 0.252. The molecule has 6 nitrogen and oxygen atoms in total. The standard InChI is InChI=1S/C12H17N3O3S/c1-13-11-14(2)9(7-16)10(19-11)8-3-5-15(6-4-8)12(17)18/h7-8H,3-6H2,1-2H3,(H,17,18)/b13-11-. The van der Waals surface area contributed by atoms with Gasteiger partial charge in [-0.15, -0.1) is 11.3 Å². The second-order valence-corrected chi connectivity index (χ2v) is 5.59. The normalized spacial score (nSPS) is 17.8. The molecule has 1 fully saturated rings. The number of carbonyl (C=O) groups is 2. The number of hydrogen-bond acceptors (Lipinski definition) is 4. The van der Waals surface area contributed by atoms with E-state index in [4.69, 9.17) is 5.11 Å². The van der Waals surface area contributed by atoms with Crippen LogP contribution < -0.4 is 4.80 Å². The van der Waals surface area contributed by atoms with Crippen LogP contribution in [0.2, 0.25) is 0 Å². The van der Waals surface area contributed by atoms with Gasteiger partial charge in [0.25, 0.3) is 0 Å². The number of carbonyl (C=O) groups excluding carboxylic acids is 1. The summed E-state index contributed by atoms with van der Waals surface area (Å²) in [5.41, 5.74) is 0.666. The maximum Gasteiger partial charge on any atom is 0.407 e. The molecule has 0 aliphatic carbocycles. The van der Waals surface area contributed by atoms with Gasteiger partial charge in [0.15, 0.2) is 11.1 Å². The van der Waals surface area contributed by atoms with Crippen molar-refractivity contribution in [2.45, 2.75) is 18.8 Å². The van der Waals surface area contributed by atoms with Gasteiger partial charge >= 0.3 is 6.09 Å². The van der Waals surface area contributed by atoms with Gasteiger partial charge in [0.05, 0.1) is 5.69 Å². The number of likely N-dealkylation sites (tertiary alicyclic amines) is 1. The van der Waals surface area contributed by atoms with Gasteiger partial charge < -0.3 is 14.6 Å². The Kier molecular flexibility index (Phi) is 4.04. The van der Waals surface area contributed by atoms with Gasteiger partial charge in [0.2, 0.25) is 0 Å². The first-order chi connectivity index (χ1) is 9.08. The Morgan fingerprint density at radius 1 is 1.47 bits per heavy atom. The highest BCUT2D eigenvalue weighted by Crippen LogP contribution is 2.31. The molecule has 0 radical (unpaired) electrons. The predicted octanol–water partition coefficient (Wildman–Crippen LogP) is 1.29. The zero-order valence-electron chi connectivity index (χ0n) is 11.0. The van der Waals surface area contributed by atoms with E-state index < -0.39 is 6.09 Å². The number of piperidine rings is 1. The number of aldehydes is 1. The van der Waals surface area contributed by atoms with Crippen molar-refractivity contribution in [1.82, 2.24) is 9.47 Å². The molecular formula is C12H17N3O3S. The number of carboxylic acid groups (broad SMARTS) is 1. The summed E-state index contributed by atoms with van der Waals surface area (Å²) in [6.07, 6.45) is 1.52. The summed E-state index contributed by atoms with van der Waals surface area (Å²) < 4.78 is 1.80. The number of amides is 1. The van der Waals surface area contributed by atoms with Crippen LogP contribution in [0, 0.1) is 0 Å². The van der Waals surface area contributed by atoms with E-state index in [1.54, 1.807) is 11.6 Å². The van der Waals surface area contributed by atoms with Crippen molar-refractivity contribution < 1.29 is 14.7 Å². The highest BCUT2D eigenvalue weighted by Gasteiger charge is 2.27. The predicted molar refractivity (Wildman–Crippen MR) is 71.7 cm³/mol. The fourth-order valence-corrected chi connectivity index (χ4v) is 3.66.